The number of nitrogens with two attached hydrogens (primary N) is 1. The van der Waals surface area contributed by atoms with Gasteiger partial charge in [-0.3, -0.25) is 0 Å². The highest BCUT2D eigenvalue weighted by Gasteiger charge is 2.23. The molecule has 5 rings (SSSR count). The van der Waals surface area contributed by atoms with Crippen LogP contribution in [0.5, 0.6) is 0 Å². The van der Waals surface area contributed by atoms with Gasteiger partial charge in [-0.1, -0.05) is 18.7 Å². The third-order valence-electron chi connectivity index (χ3n) is 6.83. The van der Waals surface area contributed by atoms with Crippen LogP contribution in [0.15, 0.2) is 43.0 Å². The topological polar surface area (TPSA) is 120 Å². The SMILES string of the molecule is C=C/C(=C\C=C(/C)OC(=O)N1CCCCC1)c1sc2c(N3CCOCC3)nc(-c3cnc(N)nc3)nc2c1C. The van der Waals surface area contributed by atoms with E-state index in [1.807, 2.05) is 18.2 Å². The van der Waals surface area contributed by atoms with Crippen molar-refractivity contribution in [1.29, 1.82) is 0 Å². The van der Waals surface area contributed by atoms with E-state index in [0.717, 1.165) is 77.5 Å². The molecule has 0 atom stereocenters. The number of thiophene rings is 1. The second-order valence-corrected chi connectivity index (χ2v) is 10.6. The number of allylic oxidation sites excluding steroid dienone is 5. The molecule has 204 valence electrons. The molecule has 1 amide bonds. The molecule has 0 aliphatic carbocycles. The Morgan fingerprint density at radius 2 is 1.82 bits per heavy atom. The predicted molar refractivity (Wildman–Crippen MR) is 154 cm³/mol. The lowest BCUT2D eigenvalue weighted by molar-refractivity contribution is 0.120. The molecule has 2 aliphatic rings. The van der Waals surface area contributed by atoms with Crippen molar-refractivity contribution in [3.05, 3.63) is 53.4 Å². The van der Waals surface area contributed by atoms with E-state index < -0.39 is 0 Å². The molecule has 5 heterocycles. The second kappa shape index (κ2) is 11.9. The molecule has 3 aromatic rings. The molecule has 0 bridgehead atoms. The first-order valence-electron chi connectivity index (χ1n) is 13.1. The van der Waals surface area contributed by atoms with Crippen LogP contribution in [0, 0.1) is 6.92 Å². The normalized spacial score (nSPS) is 17.0. The lowest BCUT2D eigenvalue weighted by atomic mass is 10.1. The summed E-state index contributed by atoms with van der Waals surface area (Å²) in [5, 5.41) is 0. The minimum absolute atomic E-state index is 0.202. The molecular weight excluding hydrogens is 514 g/mol. The van der Waals surface area contributed by atoms with Gasteiger partial charge < -0.3 is 25.0 Å². The molecule has 2 aliphatic heterocycles. The van der Waals surface area contributed by atoms with E-state index >= 15 is 0 Å². The highest BCUT2D eigenvalue weighted by atomic mass is 32.1. The van der Waals surface area contributed by atoms with Gasteiger partial charge >= 0.3 is 6.09 Å². The first-order valence-corrected chi connectivity index (χ1v) is 14.0. The average Bonchev–Trinajstić information content (AvgIpc) is 3.30. The summed E-state index contributed by atoms with van der Waals surface area (Å²) in [7, 11) is 0. The fourth-order valence-corrected chi connectivity index (χ4v) is 5.96. The van der Waals surface area contributed by atoms with Crippen LogP contribution in [0.3, 0.4) is 0 Å². The minimum Gasteiger partial charge on any atom is -0.415 e. The summed E-state index contributed by atoms with van der Waals surface area (Å²) in [6.07, 6.45) is 11.7. The maximum atomic E-state index is 12.5. The number of hydrogen-bond acceptors (Lipinski definition) is 10. The highest BCUT2D eigenvalue weighted by Crippen LogP contribution is 2.40. The van der Waals surface area contributed by atoms with Gasteiger partial charge in [0, 0.05) is 43.4 Å². The lowest BCUT2D eigenvalue weighted by Gasteiger charge is -2.28. The monoisotopic (exact) mass is 547 g/mol. The van der Waals surface area contributed by atoms with E-state index in [0.29, 0.717) is 30.4 Å². The quantitative estimate of drug-likeness (QED) is 0.337. The number of aryl methyl sites for hydroxylation is 1. The van der Waals surface area contributed by atoms with Crippen LogP contribution >= 0.6 is 11.3 Å². The van der Waals surface area contributed by atoms with Gasteiger partial charge in [0.15, 0.2) is 11.6 Å². The van der Waals surface area contributed by atoms with Crippen molar-refractivity contribution in [1.82, 2.24) is 24.8 Å². The fraction of sp³-hybridized carbons (Fsp3) is 0.393. The van der Waals surface area contributed by atoms with Gasteiger partial charge in [0.2, 0.25) is 5.95 Å². The second-order valence-electron chi connectivity index (χ2n) is 9.55. The number of nitrogens with zero attached hydrogens (tertiary/aromatic N) is 6. The van der Waals surface area contributed by atoms with E-state index in [1.165, 1.54) is 0 Å². The minimum atomic E-state index is -0.292. The first kappa shape index (κ1) is 26.8. The summed E-state index contributed by atoms with van der Waals surface area (Å²) >= 11 is 1.63. The number of fused-ring (bicyclic) bond motifs is 1. The van der Waals surface area contributed by atoms with Crippen LogP contribution in [0.25, 0.3) is 27.2 Å². The number of carbonyl (C=O) groups is 1. The maximum absolute atomic E-state index is 12.5. The number of nitrogen functional groups attached to an aromatic ring is 1. The molecule has 0 aromatic carbocycles. The summed E-state index contributed by atoms with van der Waals surface area (Å²) in [5.74, 6) is 2.14. The van der Waals surface area contributed by atoms with Gasteiger partial charge in [-0.2, -0.15) is 0 Å². The van der Waals surface area contributed by atoms with Crippen LogP contribution in [-0.4, -0.2) is 70.3 Å². The molecule has 0 saturated carbocycles. The van der Waals surface area contributed by atoms with Gasteiger partial charge in [0.25, 0.3) is 0 Å². The number of aromatic nitrogens is 4. The van der Waals surface area contributed by atoms with Gasteiger partial charge in [-0.15, -0.1) is 11.3 Å². The Morgan fingerprint density at radius 3 is 2.51 bits per heavy atom. The fourth-order valence-electron chi connectivity index (χ4n) is 4.68. The number of rotatable bonds is 6. The molecule has 11 heteroatoms. The third kappa shape index (κ3) is 5.94. The Morgan fingerprint density at radius 1 is 1.10 bits per heavy atom. The summed E-state index contributed by atoms with van der Waals surface area (Å²) in [4.78, 5) is 35.6. The molecule has 0 unspecified atom stereocenters. The van der Waals surface area contributed by atoms with Crippen LogP contribution < -0.4 is 10.6 Å². The number of piperidine rings is 1. The van der Waals surface area contributed by atoms with E-state index in [1.54, 1.807) is 35.6 Å². The molecule has 3 aromatic heterocycles. The Bertz CT molecular complexity index is 1420. The number of ether oxygens (including phenoxy) is 2. The van der Waals surface area contributed by atoms with Crippen LogP contribution in [0.1, 0.15) is 36.6 Å². The van der Waals surface area contributed by atoms with E-state index in [2.05, 4.69) is 28.4 Å². The summed E-state index contributed by atoms with van der Waals surface area (Å²) < 4.78 is 12.2. The van der Waals surface area contributed by atoms with Crippen LogP contribution in [-0.2, 0) is 9.47 Å². The van der Waals surface area contributed by atoms with E-state index in [9.17, 15) is 4.79 Å². The number of anilines is 2. The predicted octanol–water partition coefficient (Wildman–Crippen LogP) is 4.97. The molecular formula is C28H33N7O3S. The maximum Gasteiger partial charge on any atom is 0.414 e. The van der Waals surface area contributed by atoms with Crippen molar-refractivity contribution in [2.45, 2.75) is 33.1 Å². The van der Waals surface area contributed by atoms with E-state index in [-0.39, 0.29) is 12.0 Å². The van der Waals surface area contributed by atoms with Crippen molar-refractivity contribution < 1.29 is 14.3 Å². The zero-order valence-electron chi connectivity index (χ0n) is 22.4. The average molecular weight is 548 g/mol. The van der Waals surface area contributed by atoms with Crippen LogP contribution in [0.2, 0.25) is 0 Å². The highest BCUT2D eigenvalue weighted by molar-refractivity contribution is 7.20. The Balaban J connectivity index is 1.51. The van der Waals surface area contributed by atoms with Crippen molar-refractivity contribution in [3.8, 4) is 11.4 Å². The van der Waals surface area contributed by atoms with Crippen molar-refractivity contribution in [3.63, 3.8) is 0 Å². The largest absolute Gasteiger partial charge is 0.415 e. The van der Waals surface area contributed by atoms with Gasteiger partial charge in [0.05, 0.1) is 29.0 Å². The first-order chi connectivity index (χ1) is 18.9. The summed E-state index contributed by atoms with van der Waals surface area (Å²) in [5.41, 5.74) is 9.19. The summed E-state index contributed by atoms with van der Waals surface area (Å²) in [6.45, 7) is 12.2. The molecule has 39 heavy (non-hydrogen) atoms. The Hall–Kier alpha value is -3.83. The van der Waals surface area contributed by atoms with Crippen molar-refractivity contribution >= 4 is 45.0 Å². The smallest absolute Gasteiger partial charge is 0.414 e. The standard InChI is InChI=1S/C28H33N7O3S/c1-4-20(9-8-18(2)38-28(36)35-10-6-5-7-11-35)23-19(3)22-24(39-23)26(34-12-14-37-15-13-34)33-25(32-22)21-16-30-27(29)31-17-21/h4,8-9,16-17H,1,5-7,10-15H2,2-3H3,(H2,29,30,31)/b18-8+,20-9+. The lowest BCUT2D eigenvalue weighted by Crippen LogP contribution is -2.36. The van der Waals surface area contributed by atoms with Crippen LogP contribution in [0.4, 0.5) is 16.6 Å². The number of hydrogen-bond donors (Lipinski definition) is 1. The molecule has 2 N–H and O–H groups in total. The zero-order chi connectivity index (χ0) is 27.4. The van der Waals surface area contributed by atoms with E-state index in [4.69, 9.17) is 25.2 Å². The molecule has 10 nitrogen and oxygen atoms in total. The van der Waals surface area contributed by atoms with Gasteiger partial charge in [-0.25, -0.2) is 24.7 Å². The Kier molecular flexibility index (Phi) is 8.18. The van der Waals surface area contributed by atoms with Gasteiger partial charge in [-0.05, 0) is 50.3 Å². The van der Waals surface area contributed by atoms with Crippen molar-refractivity contribution in [2.75, 3.05) is 50.0 Å². The number of morpholine rings is 1. The summed E-state index contributed by atoms with van der Waals surface area (Å²) in [6, 6.07) is 0. The van der Waals surface area contributed by atoms with Crippen molar-refractivity contribution in [2.24, 2.45) is 0 Å². The third-order valence-corrected chi connectivity index (χ3v) is 8.16. The number of carbonyl (C=O) groups excluding carboxylic acids is 1. The van der Waals surface area contributed by atoms with Gasteiger partial charge in [0.1, 0.15) is 5.76 Å². The number of likely N-dealkylation sites (tertiary alicyclic amines) is 1. The molecule has 2 fully saturated rings. The molecule has 0 spiro atoms. The molecule has 2 saturated heterocycles. The number of amides is 1. The zero-order valence-corrected chi connectivity index (χ0v) is 23.2. The molecule has 0 radical (unpaired) electrons. The Labute approximate surface area is 231 Å².